The quantitative estimate of drug-likeness (QED) is 0.741. The molecule has 0 radical (unpaired) electrons. The van der Waals surface area contributed by atoms with Gasteiger partial charge in [0.2, 0.25) is 0 Å². The van der Waals surface area contributed by atoms with Gasteiger partial charge >= 0.3 is 6.09 Å². The summed E-state index contributed by atoms with van der Waals surface area (Å²) in [7, 11) is 3.34. The topological polar surface area (TPSA) is 48.0 Å². The standard InChI is InChI=1S/C21H33NO4/c1-7-8-13-22(20(23)26-21(2,3)4)16-10-11-17-15(14-16)9-12-18(24-5)19(17)25-6/h9,12,16H,7-8,10-11,13-14H2,1-6H3. The number of hydrogen-bond acceptors (Lipinski definition) is 4. The molecule has 1 aliphatic rings. The molecule has 2 rings (SSSR count). The predicted molar refractivity (Wildman–Crippen MR) is 103 cm³/mol. The lowest BCUT2D eigenvalue weighted by Crippen LogP contribution is -2.46. The second kappa shape index (κ2) is 8.65. The minimum Gasteiger partial charge on any atom is -0.493 e. The molecule has 1 aromatic rings. The highest BCUT2D eigenvalue weighted by Gasteiger charge is 2.32. The second-order valence-electron chi connectivity index (χ2n) is 7.86. The first-order valence-electron chi connectivity index (χ1n) is 9.53. The fourth-order valence-corrected chi connectivity index (χ4v) is 3.50. The first-order chi connectivity index (χ1) is 12.3. The van der Waals surface area contributed by atoms with Crippen LogP contribution in [0.3, 0.4) is 0 Å². The molecule has 0 bridgehead atoms. The van der Waals surface area contributed by atoms with Gasteiger partial charge in [-0.05, 0) is 58.1 Å². The normalized spacial score (nSPS) is 16.6. The molecule has 5 nitrogen and oxygen atoms in total. The largest absolute Gasteiger partial charge is 0.493 e. The van der Waals surface area contributed by atoms with Crippen molar-refractivity contribution in [2.24, 2.45) is 0 Å². The van der Waals surface area contributed by atoms with E-state index in [4.69, 9.17) is 14.2 Å². The van der Waals surface area contributed by atoms with Crippen LogP contribution in [0, 0.1) is 0 Å². The molecule has 0 saturated carbocycles. The zero-order chi connectivity index (χ0) is 19.3. The maximum atomic E-state index is 12.8. The Balaban J connectivity index is 2.23. The van der Waals surface area contributed by atoms with Crippen molar-refractivity contribution in [1.82, 2.24) is 4.90 Å². The van der Waals surface area contributed by atoms with Crippen molar-refractivity contribution in [2.75, 3.05) is 20.8 Å². The molecule has 0 aromatic heterocycles. The molecule has 0 aliphatic heterocycles. The maximum absolute atomic E-state index is 12.8. The predicted octanol–water partition coefficient (Wildman–Crippen LogP) is 4.60. The van der Waals surface area contributed by atoms with Gasteiger partial charge in [-0.1, -0.05) is 19.4 Å². The van der Waals surface area contributed by atoms with Crippen LogP contribution in [0.5, 0.6) is 11.5 Å². The van der Waals surface area contributed by atoms with Gasteiger partial charge in [0, 0.05) is 18.2 Å². The molecule has 1 unspecified atom stereocenters. The van der Waals surface area contributed by atoms with Crippen LogP contribution in [-0.2, 0) is 17.6 Å². The van der Waals surface area contributed by atoms with E-state index in [9.17, 15) is 4.79 Å². The van der Waals surface area contributed by atoms with Crippen LogP contribution in [0.1, 0.15) is 58.1 Å². The average molecular weight is 363 g/mol. The lowest BCUT2D eigenvalue weighted by Gasteiger charge is -2.36. The lowest BCUT2D eigenvalue weighted by atomic mass is 9.86. The Bertz CT molecular complexity index is 621. The highest BCUT2D eigenvalue weighted by atomic mass is 16.6. The highest BCUT2D eigenvalue weighted by molar-refractivity contribution is 5.69. The molecule has 1 aromatic carbocycles. The van der Waals surface area contributed by atoms with Gasteiger partial charge < -0.3 is 19.1 Å². The molecule has 0 N–H and O–H groups in total. The van der Waals surface area contributed by atoms with Gasteiger partial charge in [-0.15, -0.1) is 0 Å². The molecule has 1 amide bonds. The minimum atomic E-state index is -0.481. The molecule has 0 fully saturated rings. The van der Waals surface area contributed by atoms with Crippen LogP contribution in [0.15, 0.2) is 12.1 Å². The summed E-state index contributed by atoms with van der Waals surface area (Å²) in [6.45, 7) is 8.61. The third-order valence-corrected chi connectivity index (χ3v) is 4.75. The van der Waals surface area contributed by atoms with Crippen molar-refractivity contribution in [3.8, 4) is 11.5 Å². The maximum Gasteiger partial charge on any atom is 0.410 e. The van der Waals surface area contributed by atoms with Crippen molar-refractivity contribution in [3.63, 3.8) is 0 Å². The SMILES string of the molecule is CCCCN(C(=O)OC(C)(C)C)C1CCc2c(ccc(OC)c2OC)C1. The molecule has 146 valence electrons. The van der Waals surface area contributed by atoms with Crippen LogP contribution >= 0.6 is 0 Å². The molecule has 1 atom stereocenters. The summed E-state index contributed by atoms with van der Waals surface area (Å²) >= 11 is 0. The number of nitrogens with zero attached hydrogens (tertiary/aromatic N) is 1. The molecule has 5 heteroatoms. The van der Waals surface area contributed by atoms with Crippen molar-refractivity contribution in [3.05, 3.63) is 23.3 Å². The summed E-state index contributed by atoms with van der Waals surface area (Å²) in [5.41, 5.74) is 1.94. The van der Waals surface area contributed by atoms with E-state index in [0.29, 0.717) is 0 Å². The van der Waals surface area contributed by atoms with Crippen molar-refractivity contribution in [1.29, 1.82) is 0 Å². The highest BCUT2D eigenvalue weighted by Crippen LogP contribution is 2.38. The third kappa shape index (κ3) is 4.83. The number of hydrogen-bond donors (Lipinski definition) is 0. The van der Waals surface area contributed by atoms with Crippen LogP contribution < -0.4 is 9.47 Å². The van der Waals surface area contributed by atoms with Crippen LogP contribution in [0.2, 0.25) is 0 Å². The van der Waals surface area contributed by atoms with Gasteiger partial charge in [0.1, 0.15) is 5.60 Å². The number of carbonyl (C=O) groups excluding carboxylic acids is 1. The fourth-order valence-electron chi connectivity index (χ4n) is 3.50. The van der Waals surface area contributed by atoms with Gasteiger partial charge in [-0.3, -0.25) is 0 Å². The van der Waals surface area contributed by atoms with Gasteiger partial charge in [-0.25, -0.2) is 4.79 Å². The zero-order valence-electron chi connectivity index (χ0n) is 17.1. The Kier molecular flexibility index (Phi) is 6.79. The van der Waals surface area contributed by atoms with Gasteiger partial charge in [0.15, 0.2) is 11.5 Å². The van der Waals surface area contributed by atoms with E-state index in [1.54, 1.807) is 14.2 Å². The van der Waals surface area contributed by atoms with Crippen LogP contribution in [-0.4, -0.2) is 43.4 Å². The number of amides is 1. The Morgan fingerprint density at radius 1 is 1.23 bits per heavy atom. The third-order valence-electron chi connectivity index (χ3n) is 4.75. The number of benzene rings is 1. The zero-order valence-corrected chi connectivity index (χ0v) is 17.1. The van der Waals surface area contributed by atoms with E-state index in [2.05, 4.69) is 13.0 Å². The van der Waals surface area contributed by atoms with E-state index in [-0.39, 0.29) is 12.1 Å². The first-order valence-corrected chi connectivity index (χ1v) is 9.53. The average Bonchev–Trinajstić information content (AvgIpc) is 2.59. The molecular weight excluding hydrogens is 330 g/mol. The van der Waals surface area contributed by atoms with Crippen molar-refractivity contribution < 1.29 is 19.0 Å². The summed E-state index contributed by atoms with van der Waals surface area (Å²) in [4.78, 5) is 14.7. The number of methoxy groups -OCH3 is 2. The number of fused-ring (bicyclic) bond motifs is 1. The van der Waals surface area contributed by atoms with Crippen molar-refractivity contribution in [2.45, 2.75) is 71.4 Å². The summed E-state index contributed by atoms with van der Waals surface area (Å²) in [5.74, 6) is 1.58. The Morgan fingerprint density at radius 3 is 2.54 bits per heavy atom. The number of rotatable bonds is 6. The van der Waals surface area contributed by atoms with E-state index in [1.165, 1.54) is 11.1 Å². The summed E-state index contributed by atoms with van der Waals surface area (Å²) in [6, 6.07) is 4.20. The molecule has 1 aliphatic carbocycles. The smallest absolute Gasteiger partial charge is 0.410 e. The molecular formula is C21H33NO4. The van der Waals surface area contributed by atoms with Crippen LogP contribution in [0.25, 0.3) is 0 Å². The molecule has 0 heterocycles. The monoisotopic (exact) mass is 363 g/mol. The van der Waals surface area contributed by atoms with Crippen LogP contribution in [0.4, 0.5) is 4.79 Å². The van der Waals surface area contributed by atoms with Gasteiger partial charge in [0.05, 0.1) is 14.2 Å². The fraction of sp³-hybridized carbons (Fsp3) is 0.667. The summed E-state index contributed by atoms with van der Waals surface area (Å²) in [6.07, 6.45) is 4.41. The Hall–Kier alpha value is -1.91. The molecule has 0 spiro atoms. The Labute approximate surface area is 157 Å². The number of carbonyl (C=O) groups is 1. The van der Waals surface area contributed by atoms with Gasteiger partial charge in [-0.2, -0.15) is 0 Å². The Morgan fingerprint density at radius 2 is 1.96 bits per heavy atom. The van der Waals surface area contributed by atoms with E-state index in [1.807, 2.05) is 31.7 Å². The number of unbranched alkanes of at least 4 members (excludes halogenated alkanes) is 1. The summed E-state index contributed by atoms with van der Waals surface area (Å²) < 4.78 is 16.7. The van der Waals surface area contributed by atoms with E-state index < -0.39 is 5.60 Å². The number of ether oxygens (including phenoxy) is 3. The summed E-state index contributed by atoms with van der Waals surface area (Å²) in [5, 5.41) is 0. The van der Waals surface area contributed by atoms with E-state index in [0.717, 1.165) is 50.1 Å². The van der Waals surface area contributed by atoms with Gasteiger partial charge in [0.25, 0.3) is 0 Å². The first kappa shape index (κ1) is 20.4. The van der Waals surface area contributed by atoms with E-state index >= 15 is 0 Å². The molecule has 26 heavy (non-hydrogen) atoms. The molecule has 0 saturated heterocycles. The lowest BCUT2D eigenvalue weighted by molar-refractivity contribution is 0.0143. The van der Waals surface area contributed by atoms with Crippen molar-refractivity contribution >= 4 is 6.09 Å². The minimum absolute atomic E-state index is 0.155. The second-order valence-corrected chi connectivity index (χ2v) is 7.86.